The van der Waals surface area contributed by atoms with E-state index in [0.29, 0.717) is 18.7 Å². The first-order valence-corrected chi connectivity index (χ1v) is 9.65. The highest BCUT2D eigenvalue weighted by atomic mass is 16.2. The Morgan fingerprint density at radius 1 is 1.10 bits per heavy atom. The third-order valence-corrected chi connectivity index (χ3v) is 5.68. The molecular formula is C21H23N5O3. The molecule has 29 heavy (non-hydrogen) atoms. The number of benzene rings is 1. The van der Waals surface area contributed by atoms with Gasteiger partial charge in [-0.1, -0.05) is 18.6 Å². The van der Waals surface area contributed by atoms with Crippen LogP contribution in [0.4, 0.5) is 10.5 Å². The minimum absolute atomic E-state index is 0.0217. The number of carbonyl (C=O) groups is 3. The van der Waals surface area contributed by atoms with Crippen LogP contribution in [0.15, 0.2) is 42.6 Å². The standard InChI is InChI=1S/C21H23N5O3/c22-17(27)12-24-19(28)15-6-4-14(5-7-15)11-25-20(29)26-13-21(8-2-9-21)18-16(26)3-1-10-23-18/h1,3-7,10H,2,8-9,11-13H2,(H2,22,27)(H,24,28)(H,25,29). The van der Waals surface area contributed by atoms with Gasteiger partial charge in [0.05, 0.1) is 17.9 Å². The Bertz CT molecular complexity index is 953. The maximum atomic E-state index is 12.8. The second-order valence-electron chi connectivity index (χ2n) is 7.60. The highest BCUT2D eigenvalue weighted by Gasteiger charge is 2.49. The van der Waals surface area contributed by atoms with Gasteiger partial charge in [0.2, 0.25) is 5.91 Å². The number of urea groups is 1. The van der Waals surface area contributed by atoms with E-state index in [9.17, 15) is 14.4 Å². The number of amides is 4. The molecule has 1 aliphatic heterocycles. The molecule has 4 amide bonds. The SMILES string of the molecule is NC(=O)CNC(=O)c1ccc(CNC(=O)N2CC3(CCC3)c3ncccc32)cc1. The van der Waals surface area contributed by atoms with Gasteiger partial charge in [0.15, 0.2) is 0 Å². The summed E-state index contributed by atoms with van der Waals surface area (Å²) in [6.45, 7) is 0.815. The average Bonchev–Trinajstić information content (AvgIpc) is 3.07. The molecule has 8 heteroatoms. The molecule has 4 N–H and O–H groups in total. The summed E-state index contributed by atoms with van der Waals surface area (Å²) in [6.07, 6.45) is 5.10. The first-order chi connectivity index (χ1) is 14.0. The van der Waals surface area contributed by atoms with Crippen LogP contribution in [-0.4, -0.2) is 35.9 Å². The van der Waals surface area contributed by atoms with E-state index in [1.54, 1.807) is 35.4 Å². The van der Waals surface area contributed by atoms with Crippen molar-refractivity contribution in [3.63, 3.8) is 0 Å². The first-order valence-electron chi connectivity index (χ1n) is 9.65. The first kappa shape index (κ1) is 18.9. The van der Waals surface area contributed by atoms with E-state index >= 15 is 0 Å². The largest absolute Gasteiger partial charge is 0.368 e. The number of carbonyl (C=O) groups excluding carboxylic acids is 3. The lowest BCUT2D eigenvalue weighted by Gasteiger charge is -2.37. The topological polar surface area (TPSA) is 117 Å². The molecule has 0 atom stereocenters. The van der Waals surface area contributed by atoms with Crippen LogP contribution in [-0.2, 0) is 16.8 Å². The maximum absolute atomic E-state index is 12.8. The van der Waals surface area contributed by atoms with Crippen molar-refractivity contribution >= 4 is 23.5 Å². The zero-order chi connectivity index (χ0) is 20.4. The van der Waals surface area contributed by atoms with Crippen molar-refractivity contribution in [1.29, 1.82) is 0 Å². The van der Waals surface area contributed by atoms with Crippen LogP contribution in [0.1, 0.15) is 40.9 Å². The molecule has 1 aromatic heterocycles. The van der Waals surface area contributed by atoms with Gasteiger partial charge in [-0.25, -0.2) is 4.79 Å². The Balaban J connectivity index is 1.37. The third kappa shape index (κ3) is 3.65. The number of nitrogens with one attached hydrogen (secondary N) is 2. The summed E-state index contributed by atoms with van der Waals surface area (Å²) < 4.78 is 0. The number of aromatic nitrogens is 1. The molecule has 2 aromatic rings. The second-order valence-corrected chi connectivity index (χ2v) is 7.60. The van der Waals surface area contributed by atoms with Gasteiger partial charge in [0.25, 0.3) is 5.91 Å². The number of fused-ring (bicyclic) bond motifs is 2. The summed E-state index contributed by atoms with van der Waals surface area (Å²) in [5.74, 6) is -0.966. The van der Waals surface area contributed by atoms with Crippen molar-refractivity contribution in [2.75, 3.05) is 18.0 Å². The molecule has 0 unspecified atom stereocenters. The van der Waals surface area contributed by atoms with Gasteiger partial charge in [-0.15, -0.1) is 0 Å². The fourth-order valence-corrected chi connectivity index (χ4v) is 3.98. The smallest absolute Gasteiger partial charge is 0.322 e. The monoisotopic (exact) mass is 393 g/mol. The van der Waals surface area contributed by atoms with Gasteiger partial charge in [0, 0.05) is 30.3 Å². The van der Waals surface area contributed by atoms with Crippen LogP contribution in [0.5, 0.6) is 0 Å². The molecule has 150 valence electrons. The van der Waals surface area contributed by atoms with Crippen LogP contribution in [0.25, 0.3) is 0 Å². The van der Waals surface area contributed by atoms with E-state index in [2.05, 4.69) is 15.6 Å². The zero-order valence-electron chi connectivity index (χ0n) is 16.0. The lowest BCUT2D eigenvalue weighted by Crippen LogP contribution is -2.45. The normalized spacial score (nSPS) is 16.1. The fraction of sp³-hybridized carbons (Fsp3) is 0.333. The Morgan fingerprint density at radius 2 is 1.86 bits per heavy atom. The van der Waals surface area contributed by atoms with Crippen molar-refractivity contribution in [3.05, 3.63) is 59.4 Å². The van der Waals surface area contributed by atoms with Gasteiger partial charge in [-0.3, -0.25) is 19.5 Å². The average molecular weight is 393 g/mol. The van der Waals surface area contributed by atoms with Gasteiger partial charge in [-0.2, -0.15) is 0 Å². The molecule has 0 radical (unpaired) electrons. The highest BCUT2D eigenvalue weighted by Crippen LogP contribution is 2.51. The van der Waals surface area contributed by atoms with E-state index in [4.69, 9.17) is 5.73 Å². The quantitative estimate of drug-likeness (QED) is 0.712. The Hall–Kier alpha value is -3.42. The molecule has 1 aromatic carbocycles. The van der Waals surface area contributed by atoms with Crippen molar-refractivity contribution < 1.29 is 14.4 Å². The number of nitrogens with two attached hydrogens (primary N) is 1. The van der Waals surface area contributed by atoms with Gasteiger partial charge >= 0.3 is 6.03 Å². The van der Waals surface area contributed by atoms with E-state index in [1.165, 1.54) is 6.42 Å². The zero-order valence-corrected chi connectivity index (χ0v) is 16.0. The summed E-state index contributed by atoms with van der Waals surface area (Å²) in [5.41, 5.74) is 8.26. The van der Waals surface area contributed by atoms with Crippen molar-refractivity contribution in [3.8, 4) is 0 Å². The Kier molecular flexibility index (Phi) is 4.92. The molecule has 8 nitrogen and oxygen atoms in total. The summed E-state index contributed by atoms with van der Waals surface area (Å²) in [7, 11) is 0. The number of primary amides is 1. The molecule has 2 heterocycles. The van der Waals surface area contributed by atoms with Crippen molar-refractivity contribution in [2.45, 2.75) is 31.2 Å². The molecule has 0 bridgehead atoms. The van der Waals surface area contributed by atoms with Crippen LogP contribution < -0.4 is 21.3 Å². The molecule has 2 aliphatic rings. The van der Waals surface area contributed by atoms with Crippen LogP contribution in [0.2, 0.25) is 0 Å². The highest BCUT2D eigenvalue weighted by molar-refractivity contribution is 5.96. The van der Waals surface area contributed by atoms with Crippen LogP contribution >= 0.6 is 0 Å². The molecule has 1 aliphatic carbocycles. The van der Waals surface area contributed by atoms with E-state index in [1.807, 2.05) is 12.1 Å². The second kappa shape index (κ2) is 7.54. The number of hydrogen-bond acceptors (Lipinski definition) is 4. The summed E-state index contributed by atoms with van der Waals surface area (Å²) >= 11 is 0. The lowest BCUT2D eigenvalue weighted by atomic mass is 9.67. The molecule has 1 spiro atoms. The molecule has 0 saturated heterocycles. The maximum Gasteiger partial charge on any atom is 0.322 e. The summed E-state index contributed by atoms with van der Waals surface area (Å²) in [6, 6.07) is 10.5. The third-order valence-electron chi connectivity index (χ3n) is 5.68. The van der Waals surface area contributed by atoms with Crippen LogP contribution in [0.3, 0.4) is 0 Å². The summed E-state index contributed by atoms with van der Waals surface area (Å²) in [5, 5.41) is 5.39. The molecule has 1 fully saturated rings. The summed E-state index contributed by atoms with van der Waals surface area (Å²) in [4.78, 5) is 41.8. The number of hydrogen-bond donors (Lipinski definition) is 3. The predicted octanol–water partition coefficient (Wildman–Crippen LogP) is 1.45. The fourth-order valence-electron chi connectivity index (χ4n) is 3.98. The predicted molar refractivity (Wildman–Crippen MR) is 107 cm³/mol. The minimum Gasteiger partial charge on any atom is -0.368 e. The molecular weight excluding hydrogens is 370 g/mol. The van der Waals surface area contributed by atoms with E-state index in [0.717, 1.165) is 29.8 Å². The number of pyridine rings is 1. The molecule has 4 rings (SSSR count). The Morgan fingerprint density at radius 3 is 2.52 bits per heavy atom. The van der Waals surface area contributed by atoms with E-state index < -0.39 is 5.91 Å². The molecule has 1 saturated carbocycles. The van der Waals surface area contributed by atoms with E-state index in [-0.39, 0.29) is 23.9 Å². The van der Waals surface area contributed by atoms with Crippen molar-refractivity contribution in [2.24, 2.45) is 5.73 Å². The van der Waals surface area contributed by atoms with Gasteiger partial charge in [-0.05, 0) is 42.7 Å². The van der Waals surface area contributed by atoms with Gasteiger partial charge in [0.1, 0.15) is 0 Å². The Labute approximate surface area is 168 Å². The van der Waals surface area contributed by atoms with Crippen molar-refractivity contribution in [1.82, 2.24) is 15.6 Å². The lowest BCUT2D eigenvalue weighted by molar-refractivity contribution is -0.117. The number of nitrogens with zero attached hydrogens (tertiary/aromatic N) is 2. The number of anilines is 1. The van der Waals surface area contributed by atoms with Crippen LogP contribution in [0, 0.1) is 0 Å². The number of rotatable bonds is 5. The minimum atomic E-state index is -0.597. The van der Waals surface area contributed by atoms with Gasteiger partial charge < -0.3 is 16.4 Å².